The molecule has 0 spiro atoms. The Morgan fingerprint density at radius 3 is 2.65 bits per heavy atom. The summed E-state index contributed by atoms with van der Waals surface area (Å²) in [5.41, 5.74) is 3.10. The van der Waals surface area contributed by atoms with Crippen molar-refractivity contribution in [2.75, 3.05) is 5.32 Å². The van der Waals surface area contributed by atoms with E-state index in [1.165, 1.54) is 12.5 Å². The molecule has 20 heavy (non-hydrogen) atoms. The van der Waals surface area contributed by atoms with Crippen LogP contribution in [-0.4, -0.2) is 10.9 Å². The predicted octanol–water partition coefficient (Wildman–Crippen LogP) is 3.15. The smallest absolute Gasteiger partial charge is 0.221 e. The number of nitrogens with one attached hydrogen (secondary N) is 2. The number of hydrogen-bond donors (Lipinski definition) is 2. The first-order valence-electron chi connectivity index (χ1n) is 6.32. The number of carbonyl (C=O) groups excluding carboxylic acids is 1. The van der Waals surface area contributed by atoms with E-state index in [0.29, 0.717) is 0 Å². The number of pyridine rings is 1. The van der Waals surface area contributed by atoms with Crippen molar-refractivity contribution in [3.8, 4) is 0 Å². The Labute approximate surface area is 123 Å². The molecule has 4 nitrogen and oxygen atoms in total. The van der Waals surface area contributed by atoms with Crippen LogP contribution >= 0.6 is 11.9 Å². The predicted molar refractivity (Wildman–Crippen MR) is 82.4 cm³/mol. The minimum absolute atomic E-state index is 0.0516. The molecule has 2 aromatic rings. The van der Waals surface area contributed by atoms with E-state index in [4.69, 9.17) is 0 Å². The van der Waals surface area contributed by atoms with Crippen LogP contribution in [0, 0.1) is 6.92 Å². The van der Waals surface area contributed by atoms with Gasteiger partial charge < -0.3 is 5.32 Å². The molecule has 0 saturated heterocycles. The molecule has 2 N–H and O–H groups in total. The van der Waals surface area contributed by atoms with Gasteiger partial charge >= 0.3 is 0 Å². The molecule has 0 atom stereocenters. The number of benzene rings is 1. The zero-order valence-electron chi connectivity index (χ0n) is 11.5. The number of anilines is 1. The number of nitrogens with zero attached hydrogens (tertiary/aromatic N) is 1. The van der Waals surface area contributed by atoms with Crippen molar-refractivity contribution in [3.63, 3.8) is 0 Å². The van der Waals surface area contributed by atoms with Crippen LogP contribution in [0.5, 0.6) is 0 Å². The van der Waals surface area contributed by atoms with Crippen LogP contribution in [0.15, 0.2) is 47.6 Å². The topological polar surface area (TPSA) is 54.0 Å². The fourth-order valence-corrected chi connectivity index (χ4v) is 2.51. The van der Waals surface area contributed by atoms with E-state index in [2.05, 4.69) is 21.1 Å². The summed E-state index contributed by atoms with van der Waals surface area (Å²) in [6, 6.07) is 9.93. The lowest BCUT2D eigenvalue weighted by atomic mass is 10.2. The molecule has 0 aliphatic heterocycles. The Morgan fingerprint density at radius 2 is 2.00 bits per heavy atom. The molecule has 0 unspecified atom stereocenters. The first kappa shape index (κ1) is 14.6. The summed E-state index contributed by atoms with van der Waals surface area (Å²) in [5, 5.41) is 2.81. The highest BCUT2D eigenvalue weighted by atomic mass is 32.2. The molecule has 0 bridgehead atoms. The van der Waals surface area contributed by atoms with Crippen LogP contribution in [-0.2, 0) is 11.3 Å². The zero-order valence-corrected chi connectivity index (χ0v) is 12.3. The molecule has 104 valence electrons. The number of aromatic nitrogens is 1. The fourth-order valence-electron chi connectivity index (χ4n) is 1.73. The third kappa shape index (κ3) is 4.36. The van der Waals surface area contributed by atoms with E-state index in [1.54, 1.807) is 24.3 Å². The average molecular weight is 287 g/mol. The minimum Gasteiger partial charge on any atom is -0.326 e. The molecule has 1 heterocycles. The monoisotopic (exact) mass is 287 g/mol. The van der Waals surface area contributed by atoms with Crippen molar-refractivity contribution in [2.24, 2.45) is 0 Å². The van der Waals surface area contributed by atoms with E-state index in [1.807, 2.05) is 31.2 Å². The lowest BCUT2D eigenvalue weighted by Gasteiger charge is -2.09. The van der Waals surface area contributed by atoms with E-state index < -0.39 is 0 Å². The Morgan fingerprint density at radius 1 is 1.25 bits per heavy atom. The standard InChI is InChI=1S/C15H17N3OS/c1-11-9-14(3-4-15(11)18-12(2)19)20-17-10-13-5-7-16-8-6-13/h3-9,17H,10H2,1-2H3,(H,18,19). The van der Waals surface area contributed by atoms with Crippen LogP contribution in [0.25, 0.3) is 0 Å². The summed E-state index contributed by atoms with van der Waals surface area (Å²) >= 11 is 1.57. The van der Waals surface area contributed by atoms with Crippen molar-refractivity contribution in [1.82, 2.24) is 9.71 Å². The van der Waals surface area contributed by atoms with Crippen LogP contribution in [0.4, 0.5) is 5.69 Å². The van der Waals surface area contributed by atoms with E-state index in [0.717, 1.165) is 22.7 Å². The van der Waals surface area contributed by atoms with Crippen molar-refractivity contribution < 1.29 is 4.79 Å². The molecule has 1 aromatic heterocycles. The molecule has 0 radical (unpaired) electrons. The largest absolute Gasteiger partial charge is 0.326 e. The van der Waals surface area contributed by atoms with Gasteiger partial charge in [0, 0.05) is 36.4 Å². The maximum atomic E-state index is 11.0. The van der Waals surface area contributed by atoms with E-state index in [9.17, 15) is 4.79 Å². The SMILES string of the molecule is CC(=O)Nc1ccc(SNCc2ccncc2)cc1C. The maximum absolute atomic E-state index is 11.0. The molecule has 5 heteroatoms. The second kappa shape index (κ2) is 7.07. The summed E-state index contributed by atoms with van der Waals surface area (Å²) in [4.78, 5) is 16.1. The summed E-state index contributed by atoms with van der Waals surface area (Å²) in [5.74, 6) is -0.0516. The van der Waals surface area contributed by atoms with Gasteiger partial charge in [-0.05, 0) is 60.3 Å². The van der Waals surface area contributed by atoms with Gasteiger partial charge in [-0.1, -0.05) is 0 Å². The normalized spacial score (nSPS) is 10.3. The van der Waals surface area contributed by atoms with Crippen LogP contribution in [0.1, 0.15) is 18.1 Å². The van der Waals surface area contributed by atoms with Gasteiger partial charge in [0.25, 0.3) is 0 Å². The minimum atomic E-state index is -0.0516. The van der Waals surface area contributed by atoms with Gasteiger partial charge in [-0.15, -0.1) is 0 Å². The van der Waals surface area contributed by atoms with Crippen LogP contribution in [0.2, 0.25) is 0 Å². The van der Waals surface area contributed by atoms with E-state index in [-0.39, 0.29) is 5.91 Å². The highest BCUT2D eigenvalue weighted by Gasteiger charge is 2.02. The summed E-state index contributed by atoms with van der Waals surface area (Å²) in [6.07, 6.45) is 3.57. The maximum Gasteiger partial charge on any atom is 0.221 e. The number of amides is 1. The van der Waals surface area contributed by atoms with Gasteiger partial charge in [-0.25, -0.2) is 0 Å². The molecule has 2 rings (SSSR count). The number of hydrogen-bond acceptors (Lipinski definition) is 4. The van der Waals surface area contributed by atoms with E-state index >= 15 is 0 Å². The van der Waals surface area contributed by atoms with Crippen molar-refractivity contribution in [2.45, 2.75) is 25.3 Å². The van der Waals surface area contributed by atoms with Gasteiger partial charge in [-0.2, -0.15) is 0 Å². The lowest BCUT2D eigenvalue weighted by molar-refractivity contribution is -0.114. The first-order chi connectivity index (χ1) is 9.65. The molecule has 0 aliphatic carbocycles. The molecular formula is C15H17N3OS. The third-order valence-electron chi connectivity index (χ3n) is 2.72. The van der Waals surface area contributed by atoms with Crippen LogP contribution in [0.3, 0.4) is 0 Å². The molecular weight excluding hydrogens is 270 g/mol. The summed E-state index contributed by atoms with van der Waals surface area (Å²) in [7, 11) is 0. The number of aryl methyl sites for hydroxylation is 1. The van der Waals surface area contributed by atoms with Crippen molar-refractivity contribution in [1.29, 1.82) is 0 Å². The Hall–Kier alpha value is -1.85. The molecule has 0 saturated carbocycles. The summed E-state index contributed by atoms with van der Waals surface area (Å²) in [6.45, 7) is 4.27. The van der Waals surface area contributed by atoms with Crippen molar-refractivity contribution in [3.05, 3.63) is 53.9 Å². The molecule has 0 aliphatic rings. The second-order valence-electron chi connectivity index (χ2n) is 4.44. The number of rotatable bonds is 5. The highest BCUT2D eigenvalue weighted by Crippen LogP contribution is 2.22. The highest BCUT2D eigenvalue weighted by molar-refractivity contribution is 7.97. The molecule has 1 amide bonds. The first-order valence-corrected chi connectivity index (χ1v) is 7.13. The van der Waals surface area contributed by atoms with Gasteiger partial charge in [0.15, 0.2) is 0 Å². The van der Waals surface area contributed by atoms with Gasteiger partial charge in [-0.3, -0.25) is 14.5 Å². The fraction of sp³-hybridized carbons (Fsp3) is 0.200. The molecule has 0 fully saturated rings. The Bertz CT molecular complexity index is 587. The second-order valence-corrected chi connectivity index (χ2v) is 5.40. The quantitative estimate of drug-likeness (QED) is 0.830. The Kier molecular flexibility index (Phi) is 5.15. The van der Waals surface area contributed by atoms with Crippen molar-refractivity contribution >= 4 is 23.5 Å². The number of carbonyl (C=O) groups is 1. The lowest BCUT2D eigenvalue weighted by Crippen LogP contribution is -2.07. The summed E-state index contributed by atoms with van der Waals surface area (Å²) < 4.78 is 3.31. The average Bonchev–Trinajstić information content (AvgIpc) is 2.43. The van der Waals surface area contributed by atoms with Gasteiger partial charge in [0.2, 0.25) is 5.91 Å². The zero-order chi connectivity index (χ0) is 14.4. The Balaban J connectivity index is 1.90. The van der Waals surface area contributed by atoms with Gasteiger partial charge in [0.1, 0.15) is 0 Å². The van der Waals surface area contributed by atoms with Gasteiger partial charge in [0.05, 0.1) is 0 Å². The molecule has 1 aromatic carbocycles. The van der Waals surface area contributed by atoms with Crippen LogP contribution < -0.4 is 10.0 Å². The third-order valence-corrected chi connectivity index (χ3v) is 3.50.